The van der Waals surface area contributed by atoms with E-state index in [1.807, 2.05) is 52.0 Å². The number of hydrogen-bond donors (Lipinski definition) is 1. The molecular weight excluding hydrogens is 490 g/mol. The lowest BCUT2D eigenvalue weighted by Gasteiger charge is -2.31. The van der Waals surface area contributed by atoms with Crippen molar-refractivity contribution in [2.45, 2.75) is 59.5 Å². The minimum atomic E-state index is -3.58. The Morgan fingerprint density at radius 2 is 1.78 bits per heavy atom. The molecule has 2 aromatic carbocycles. The fourth-order valence-corrected chi connectivity index (χ4v) is 5.04. The van der Waals surface area contributed by atoms with E-state index in [0.29, 0.717) is 43.3 Å². The van der Waals surface area contributed by atoms with Crippen LogP contribution in [0.25, 0.3) is 0 Å². The van der Waals surface area contributed by atoms with Gasteiger partial charge in [0.05, 0.1) is 19.1 Å². The second-order valence-electron chi connectivity index (χ2n) is 9.65. The number of ether oxygens (including phenoxy) is 1. The van der Waals surface area contributed by atoms with E-state index in [4.69, 9.17) is 4.74 Å². The Morgan fingerprint density at radius 3 is 2.38 bits per heavy atom. The second-order valence-corrected chi connectivity index (χ2v) is 11.6. The summed E-state index contributed by atoms with van der Waals surface area (Å²) in [5.74, 6) is 0.478. The van der Waals surface area contributed by atoms with Crippen molar-refractivity contribution in [2.75, 3.05) is 30.8 Å². The van der Waals surface area contributed by atoms with Gasteiger partial charge < -0.3 is 15.0 Å². The molecule has 204 valence electrons. The molecule has 0 radical (unpaired) electrons. The number of hydrogen-bond acceptors (Lipinski definition) is 5. The number of nitrogens with zero attached hydrogens (tertiary/aromatic N) is 2. The summed E-state index contributed by atoms with van der Waals surface area (Å²) in [6.45, 7) is 8.89. The van der Waals surface area contributed by atoms with Gasteiger partial charge in [-0.05, 0) is 48.9 Å². The lowest BCUT2D eigenvalue weighted by molar-refractivity contribution is -0.141. The first kappa shape index (κ1) is 30.2. The average Bonchev–Trinajstić information content (AvgIpc) is 2.85. The van der Waals surface area contributed by atoms with Gasteiger partial charge in [-0.2, -0.15) is 0 Å². The maximum Gasteiger partial charge on any atom is 0.242 e. The van der Waals surface area contributed by atoms with Gasteiger partial charge in [0.15, 0.2) is 0 Å². The van der Waals surface area contributed by atoms with E-state index in [9.17, 15) is 18.0 Å². The molecule has 37 heavy (non-hydrogen) atoms. The van der Waals surface area contributed by atoms with E-state index in [1.54, 1.807) is 29.2 Å². The van der Waals surface area contributed by atoms with Crippen LogP contribution in [-0.4, -0.2) is 57.6 Å². The van der Waals surface area contributed by atoms with E-state index in [1.165, 1.54) is 11.4 Å². The molecule has 0 unspecified atom stereocenters. The summed E-state index contributed by atoms with van der Waals surface area (Å²) in [7, 11) is -2.06. The van der Waals surface area contributed by atoms with Gasteiger partial charge in [0.1, 0.15) is 11.8 Å². The van der Waals surface area contributed by atoms with Gasteiger partial charge in [-0.15, -0.1) is 0 Å². The smallest absolute Gasteiger partial charge is 0.242 e. The van der Waals surface area contributed by atoms with Crippen molar-refractivity contribution in [1.29, 1.82) is 0 Å². The quantitative estimate of drug-likeness (QED) is 0.396. The molecule has 0 bridgehead atoms. The lowest BCUT2D eigenvalue weighted by Crippen LogP contribution is -2.49. The molecule has 0 aliphatic heterocycles. The number of methoxy groups -OCH3 is 1. The molecule has 1 N–H and O–H groups in total. The zero-order chi connectivity index (χ0) is 27.6. The topological polar surface area (TPSA) is 96.0 Å². The van der Waals surface area contributed by atoms with Gasteiger partial charge in [0.25, 0.3) is 0 Å². The zero-order valence-electron chi connectivity index (χ0n) is 22.9. The SMILES string of the molecule is CC[C@@H](C(=O)NCC(C)C)N(Cc1ccccc1C)C(=O)CCCN(c1cccc(OC)c1)S(C)(=O)=O. The number of carbonyl (C=O) groups is 2. The zero-order valence-corrected chi connectivity index (χ0v) is 23.7. The van der Waals surface area contributed by atoms with E-state index in [2.05, 4.69) is 5.32 Å². The van der Waals surface area contributed by atoms with Crippen LogP contribution in [0.2, 0.25) is 0 Å². The van der Waals surface area contributed by atoms with Crippen molar-refractivity contribution in [3.05, 3.63) is 59.7 Å². The molecule has 0 aliphatic rings. The standard InChI is InChI=1S/C28H41N3O5S/c1-7-26(28(33)29-19-21(2)3)30(20-23-13-9-8-12-22(23)4)27(32)16-11-17-31(37(6,34)35)24-14-10-15-25(18-24)36-5/h8-10,12-15,18,21,26H,7,11,16-17,19-20H2,1-6H3,(H,29,33)/t26-/m0/s1. The van der Waals surface area contributed by atoms with Gasteiger partial charge in [-0.3, -0.25) is 13.9 Å². The Hall–Kier alpha value is -3.07. The predicted octanol–water partition coefficient (Wildman–Crippen LogP) is 4.13. The van der Waals surface area contributed by atoms with E-state index in [0.717, 1.165) is 17.4 Å². The molecule has 1 atom stereocenters. The van der Waals surface area contributed by atoms with Crippen LogP contribution in [0.3, 0.4) is 0 Å². The summed E-state index contributed by atoms with van der Waals surface area (Å²) in [6, 6.07) is 14.0. The summed E-state index contributed by atoms with van der Waals surface area (Å²) in [4.78, 5) is 28.2. The minimum Gasteiger partial charge on any atom is -0.497 e. The van der Waals surface area contributed by atoms with Crippen molar-refractivity contribution in [1.82, 2.24) is 10.2 Å². The maximum atomic E-state index is 13.5. The molecule has 2 aromatic rings. The minimum absolute atomic E-state index is 0.107. The van der Waals surface area contributed by atoms with Crippen LogP contribution in [0.4, 0.5) is 5.69 Å². The molecule has 0 aromatic heterocycles. The molecule has 0 saturated carbocycles. The Bertz CT molecular complexity index is 1150. The molecule has 0 fully saturated rings. The monoisotopic (exact) mass is 531 g/mol. The van der Waals surface area contributed by atoms with Crippen LogP contribution >= 0.6 is 0 Å². The highest BCUT2D eigenvalue weighted by Gasteiger charge is 2.29. The number of nitrogens with one attached hydrogen (secondary N) is 1. The van der Waals surface area contributed by atoms with Crippen molar-refractivity contribution in [3.8, 4) is 5.75 Å². The van der Waals surface area contributed by atoms with E-state index in [-0.39, 0.29) is 24.8 Å². The predicted molar refractivity (Wildman–Crippen MR) is 148 cm³/mol. The van der Waals surface area contributed by atoms with E-state index < -0.39 is 16.1 Å². The summed E-state index contributed by atoms with van der Waals surface area (Å²) < 4.78 is 31.6. The molecule has 0 heterocycles. The van der Waals surface area contributed by atoms with Crippen molar-refractivity contribution in [2.24, 2.45) is 5.92 Å². The molecule has 8 nitrogen and oxygen atoms in total. The first-order chi connectivity index (χ1) is 17.5. The van der Waals surface area contributed by atoms with Crippen LogP contribution in [0.15, 0.2) is 48.5 Å². The van der Waals surface area contributed by atoms with Crippen molar-refractivity contribution >= 4 is 27.5 Å². The molecular formula is C28H41N3O5S. The van der Waals surface area contributed by atoms with Crippen LogP contribution in [0, 0.1) is 12.8 Å². The Labute approximate surface area is 222 Å². The highest BCUT2D eigenvalue weighted by molar-refractivity contribution is 7.92. The average molecular weight is 532 g/mol. The third kappa shape index (κ3) is 9.07. The Balaban J connectivity index is 2.23. The lowest BCUT2D eigenvalue weighted by atomic mass is 10.0. The highest BCUT2D eigenvalue weighted by atomic mass is 32.2. The molecule has 0 saturated heterocycles. The van der Waals surface area contributed by atoms with Crippen LogP contribution in [-0.2, 0) is 26.2 Å². The maximum absolute atomic E-state index is 13.5. The summed E-state index contributed by atoms with van der Waals surface area (Å²) in [5, 5.41) is 2.96. The molecule has 0 spiro atoms. The van der Waals surface area contributed by atoms with Crippen LogP contribution in [0.1, 0.15) is 51.2 Å². The number of sulfonamides is 1. The third-order valence-corrected chi connectivity index (χ3v) is 7.36. The fourth-order valence-electron chi connectivity index (χ4n) is 4.08. The molecule has 2 amide bonds. The normalized spacial score (nSPS) is 12.2. The van der Waals surface area contributed by atoms with Gasteiger partial charge in [-0.1, -0.05) is 51.1 Å². The first-order valence-electron chi connectivity index (χ1n) is 12.7. The van der Waals surface area contributed by atoms with Crippen LogP contribution in [0.5, 0.6) is 5.75 Å². The van der Waals surface area contributed by atoms with Crippen LogP contribution < -0.4 is 14.4 Å². The molecule has 0 aliphatic carbocycles. The summed E-state index contributed by atoms with van der Waals surface area (Å²) in [6.07, 6.45) is 2.03. The van der Waals surface area contributed by atoms with Gasteiger partial charge in [-0.25, -0.2) is 8.42 Å². The number of anilines is 1. The van der Waals surface area contributed by atoms with Gasteiger partial charge in [0.2, 0.25) is 21.8 Å². The van der Waals surface area contributed by atoms with Crippen molar-refractivity contribution < 1.29 is 22.7 Å². The highest BCUT2D eigenvalue weighted by Crippen LogP contribution is 2.24. The number of carbonyl (C=O) groups excluding carboxylic acids is 2. The number of aryl methyl sites for hydroxylation is 1. The number of rotatable bonds is 14. The summed E-state index contributed by atoms with van der Waals surface area (Å²) in [5.41, 5.74) is 2.49. The largest absolute Gasteiger partial charge is 0.497 e. The Kier molecular flexibility index (Phi) is 11.4. The van der Waals surface area contributed by atoms with E-state index >= 15 is 0 Å². The Morgan fingerprint density at radius 1 is 1.08 bits per heavy atom. The third-order valence-electron chi connectivity index (χ3n) is 6.17. The first-order valence-corrected chi connectivity index (χ1v) is 14.6. The second kappa shape index (κ2) is 14.0. The van der Waals surface area contributed by atoms with Crippen molar-refractivity contribution in [3.63, 3.8) is 0 Å². The molecule has 9 heteroatoms. The van der Waals surface area contributed by atoms with Gasteiger partial charge >= 0.3 is 0 Å². The number of amides is 2. The summed E-state index contributed by atoms with van der Waals surface area (Å²) >= 11 is 0. The fraction of sp³-hybridized carbons (Fsp3) is 0.500. The van der Waals surface area contributed by atoms with Gasteiger partial charge in [0, 0.05) is 32.1 Å². The molecule has 2 rings (SSSR count). The number of benzene rings is 2.